The highest BCUT2D eigenvalue weighted by atomic mass is 35.5. The Morgan fingerprint density at radius 2 is 1.73 bits per heavy atom. The summed E-state index contributed by atoms with van der Waals surface area (Å²) in [5, 5.41) is 4.04. The van der Waals surface area contributed by atoms with Gasteiger partial charge in [-0.2, -0.15) is 0 Å². The number of alkyl carbamates (subject to hydrolysis) is 1. The molecule has 0 spiro atoms. The minimum atomic E-state index is -3.98. The highest BCUT2D eigenvalue weighted by Gasteiger charge is 2.44. The van der Waals surface area contributed by atoms with Crippen LogP contribution in [0.5, 0.6) is 0 Å². The van der Waals surface area contributed by atoms with E-state index in [-0.39, 0.29) is 33.0 Å². The van der Waals surface area contributed by atoms with Crippen molar-refractivity contribution in [3.8, 4) is 0 Å². The summed E-state index contributed by atoms with van der Waals surface area (Å²) in [5.41, 5.74) is -0.429. The molecule has 0 aliphatic heterocycles. The molecule has 2 N–H and O–H groups in total. The van der Waals surface area contributed by atoms with Crippen LogP contribution in [0.2, 0.25) is 5.02 Å². The lowest BCUT2D eigenvalue weighted by Crippen LogP contribution is -2.32. The maximum Gasteiger partial charge on any atom is 0.406 e. The smallest absolute Gasteiger partial charge is 0.406 e. The molecule has 1 saturated carbocycles. The van der Waals surface area contributed by atoms with Gasteiger partial charge >= 0.3 is 6.09 Å². The maximum atomic E-state index is 13.8. The molecule has 12 heteroatoms. The first-order valence-corrected chi connectivity index (χ1v) is 13.7. The van der Waals surface area contributed by atoms with Crippen LogP contribution in [0.3, 0.4) is 0 Å². The number of hydrogen-bond acceptors (Lipinski definition) is 5. The molecule has 3 atom stereocenters. The largest absolute Gasteiger partial charge is 0.453 e. The van der Waals surface area contributed by atoms with E-state index in [4.69, 9.17) is 11.6 Å². The van der Waals surface area contributed by atoms with Crippen molar-refractivity contribution in [3.05, 3.63) is 58.4 Å². The predicted molar refractivity (Wildman–Crippen MR) is 133 cm³/mol. The lowest BCUT2D eigenvalue weighted by Gasteiger charge is -2.25. The van der Waals surface area contributed by atoms with Gasteiger partial charge in [-0.05, 0) is 55.7 Å². The van der Waals surface area contributed by atoms with Crippen LogP contribution in [0.4, 0.5) is 23.7 Å². The highest BCUT2D eigenvalue weighted by Crippen LogP contribution is 2.44. The van der Waals surface area contributed by atoms with Gasteiger partial charge in [-0.3, -0.25) is 4.79 Å². The number of nitrogens with one attached hydrogen (secondary N) is 2. The molecular weight excluding hydrogens is 533 g/mol. The van der Waals surface area contributed by atoms with Gasteiger partial charge in [-0.25, -0.2) is 26.4 Å². The van der Waals surface area contributed by atoms with Crippen molar-refractivity contribution < 1.29 is 35.9 Å². The van der Waals surface area contributed by atoms with E-state index in [1.54, 1.807) is 0 Å². The van der Waals surface area contributed by atoms with Gasteiger partial charge in [0.15, 0.2) is 27.3 Å². The Hall–Kier alpha value is -2.79. The van der Waals surface area contributed by atoms with Gasteiger partial charge in [-0.15, -0.1) is 0 Å². The third kappa shape index (κ3) is 6.56. The zero-order chi connectivity index (χ0) is 27.3. The van der Waals surface area contributed by atoms with E-state index in [1.165, 1.54) is 19.2 Å². The molecule has 0 radical (unpaired) electrons. The Morgan fingerprint density at radius 1 is 1.08 bits per heavy atom. The average Bonchev–Trinajstić information content (AvgIpc) is 3.29. The van der Waals surface area contributed by atoms with Crippen molar-refractivity contribution in [2.45, 2.75) is 49.2 Å². The van der Waals surface area contributed by atoms with Gasteiger partial charge in [0.25, 0.3) is 5.91 Å². The molecule has 0 bridgehead atoms. The Kier molecular flexibility index (Phi) is 9.46. The molecule has 202 valence electrons. The van der Waals surface area contributed by atoms with Gasteiger partial charge in [0.05, 0.1) is 22.3 Å². The summed E-state index contributed by atoms with van der Waals surface area (Å²) in [7, 11) is -2.72. The van der Waals surface area contributed by atoms with E-state index in [2.05, 4.69) is 15.4 Å². The van der Waals surface area contributed by atoms with Gasteiger partial charge < -0.3 is 15.4 Å². The van der Waals surface area contributed by atoms with Crippen LogP contribution in [0.1, 0.15) is 49.4 Å². The summed E-state index contributed by atoms with van der Waals surface area (Å²) in [4.78, 5) is 23.8. The molecule has 1 fully saturated rings. The van der Waals surface area contributed by atoms with E-state index >= 15 is 0 Å². The van der Waals surface area contributed by atoms with Crippen LogP contribution in [-0.2, 0) is 14.6 Å². The number of rotatable bonds is 9. The van der Waals surface area contributed by atoms with Crippen LogP contribution in [0.25, 0.3) is 0 Å². The number of benzene rings is 2. The summed E-state index contributed by atoms with van der Waals surface area (Å²) >= 11 is 6.29. The number of amides is 2. The van der Waals surface area contributed by atoms with Crippen LogP contribution in [-0.4, -0.2) is 39.3 Å². The average molecular weight is 561 g/mol. The zero-order valence-corrected chi connectivity index (χ0v) is 21.9. The first-order chi connectivity index (χ1) is 17.5. The fraction of sp³-hybridized carbons (Fsp3) is 0.440. The SMILES string of the molecule is CCC1CC[C@@H](CCCNC(=O)OC)C1S(=O)(=O)c1cc(C(=O)Nc2cc(F)c(F)c(F)c2)ccc1Cl. The fourth-order valence-corrected chi connectivity index (χ4v) is 7.84. The monoisotopic (exact) mass is 560 g/mol. The lowest BCUT2D eigenvalue weighted by atomic mass is 9.98. The maximum absolute atomic E-state index is 13.8. The van der Waals surface area contributed by atoms with Gasteiger partial charge in [0.1, 0.15) is 0 Å². The second-order valence-corrected chi connectivity index (χ2v) is 11.4. The molecule has 2 aromatic rings. The third-order valence-corrected chi connectivity index (χ3v) is 9.55. The topological polar surface area (TPSA) is 102 Å². The van der Waals surface area contributed by atoms with Crippen molar-refractivity contribution in [3.63, 3.8) is 0 Å². The number of methoxy groups -OCH3 is 1. The van der Waals surface area contributed by atoms with Crippen LogP contribution in [0, 0.1) is 29.3 Å². The first-order valence-electron chi connectivity index (χ1n) is 11.8. The van der Waals surface area contributed by atoms with Crippen molar-refractivity contribution in [2.24, 2.45) is 11.8 Å². The summed E-state index contributed by atoms with van der Waals surface area (Å²) < 4.78 is 72.5. The van der Waals surface area contributed by atoms with Gasteiger partial charge in [-0.1, -0.05) is 24.9 Å². The molecular formula is C25H28ClF3N2O5S. The molecule has 0 saturated heterocycles. The molecule has 2 amide bonds. The molecule has 0 heterocycles. The Balaban J connectivity index is 1.84. The van der Waals surface area contributed by atoms with Crippen LogP contribution in [0.15, 0.2) is 35.2 Å². The van der Waals surface area contributed by atoms with Crippen molar-refractivity contribution in [1.82, 2.24) is 5.32 Å². The van der Waals surface area contributed by atoms with Crippen LogP contribution < -0.4 is 10.6 Å². The summed E-state index contributed by atoms with van der Waals surface area (Å²) in [6, 6.07) is 4.95. The minimum absolute atomic E-state index is 0.0525. The number of carbonyl (C=O) groups is 2. The number of anilines is 1. The third-order valence-electron chi connectivity index (χ3n) is 6.67. The second kappa shape index (κ2) is 12.2. The number of ether oxygens (including phenoxy) is 1. The van der Waals surface area contributed by atoms with Crippen molar-refractivity contribution in [2.75, 3.05) is 19.0 Å². The van der Waals surface area contributed by atoms with Gasteiger partial charge in [0.2, 0.25) is 0 Å². The van der Waals surface area contributed by atoms with E-state index in [1.807, 2.05) is 6.92 Å². The molecule has 3 rings (SSSR count). The van der Waals surface area contributed by atoms with E-state index in [0.29, 0.717) is 44.4 Å². The molecule has 2 aromatic carbocycles. The quantitative estimate of drug-likeness (QED) is 0.301. The Labute approximate surface area is 218 Å². The summed E-state index contributed by atoms with van der Waals surface area (Å²) in [5.74, 6) is -5.75. The Morgan fingerprint density at radius 3 is 2.35 bits per heavy atom. The normalized spacial score (nSPS) is 19.5. The molecule has 1 aliphatic carbocycles. The molecule has 2 unspecified atom stereocenters. The number of sulfone groups is 1. The van der Waals surface area contributed by atoms with E-state index in [9.17, 15) is 31.2 Å². The molecule has 0 aromatic heterocycles. The number of hydrogen-bond donors (Lipinski definition) is 2. The zero-order valence-electron chi connectivity index (χ0n) is 20.3. The number of halogens is 4. The van der Waals surface area contributed by atoms with Crippen molar-refractivity contribution in [1.29, 1.82) is 0 Å². The molecule has 1 aliphatic rings. The standard InChI is InChI=1S/C25H28ClF3N2O5S/c1-3-14-6-7-15(5-4-10-30-25(33)36-2)23(14)37(34,35)21-11-16(8-9-18(21)26)24(32)31-17-12-19(27)22(29)20(28)13-17/h8-9,11-15,23H,3-7,10H2,1-2H3,(H,30,33)(H,31,32)/t14?,15-,23?/m1/s1. The first kappa shape index (κ1) is 28.8. The second-order valence-electron chi connectivity index (χ2n) is 8.93. The molecule has 7 nitrogen and oxygen atoms in total. The van der Waals surface area contributed by atoms with Crippen molar-refractivity contribution >= 4 is 39.1 Å². The van der Waals surface area contributed by atoms with Gasteiger partial charge in [0, 0.05) is 29.9 Å². The highest BCUT2D eigenvalue weighted by molar-refractivity contribution is 7.92. The number of carbonyl (C=O) groups excluding carboxylic acids is 2. The van der Waals surface area contributed by atoms with E-state index in [0.717, 1.165) is 12.5 Å². The summed E-state index contributed by atoms with van der Waals surface area (Å²) in [6.07, 6.45) is 2.61. The molecule has 37 heavy (non-hydrogen) atoms. The Bertz CT molecular complexity index is 1250. The summed E-state index contributed by atoms with van der Waals surface area (Å²) in [6.45, 7) is 2.26. The predicted octanol–water partition coefficient (Wildman–Crippen LogP) is 5.72. The lowest BCUT2D eigenvalue weighted by molar-refractivity contribution is 0.102. The van der Waals surface area contributed by atoms with E-state index < -0.39 is 44.5 Å². The minimum Gasteiger partial charge on any atom is -0.453 e. The fourth-order valence-electron chi connectivity index (χ4n) is 4.86. The van der Waals surface area contributed by atoms with Crippen LogP contribution >= 0.6 is 11.6 Å².